The summed E-state index contributed by atoms with van der Waals surface area (Å²) in [6, 6.07) is 4.85. The Balaban J connectivity index is 1.97. The van der Waals surface area contributed by atoms with Gasteiger partial charge in [0.2, 0.25) is 5.43 Å². The SMILES string of the molecule is CCOC(=O)COc1ccc2c(=O)c(-c3csc(C)n3)c(C)oc2c1. The zero-order valence-electron chi connectivity index (χ0n) is 14.1. The maximum absolute atomic E-state index is 12.8. The van der Waals surface area contributed by atoms with Crippen LogP contribution in [0.3, 0.4) is 0 Å². The van der Waals surface area contributed by atoms with Crippen molar-refractivity contribution < 1.29 is 18.7 Å². The van der Waals surface area contributed by atoms with Gasteiger partial charge in [-0.1, -0.05) is 0 Å². The standard InChI is InChI=1S/C18H17NO5S/c1-4-22-16(20)8-23-12-5-6-13-15(7-12)24-10(2)17(18(13)21)14-9-25-11(3)19-14/h5-7,9H,4,8H2,1-3H3. The lowest BCUT2D eigenvalue weighted by molar-refractivity contribution is -0.145. The van der Waals surface area contributed by atoms with E-state index in [1.807, 2.05) is 12.3 Å². The highest BCUT2D eigenvalue weighted by Crippen LogP contribution is 2.27. The second-order valence-electron chi connectivity index (χ2n) is 5.37. The van der Waals surface area contributed by atoms with E-state index in [9.17, 15) is 9.59 Å². The van der Waals surface area contributed by atoms with Crippen molar-refractivity contribution in [2.45, 2.75) is 20.8 Å². The fraction of sp³-hybridized carbons (Fsp3) is 0.278. The van der Waals surface area contributed by atoms with E-state index in [4.69, 9.17) is 13.9 Å². The molecule has 25 heavy (non-hydrogen) atoms. The molecule has 3 rings (SSSR count). The fourth-order valence-corrected chi connectivity index (χ4v) is 3.10. The predicted molar refractivity (Wildman–Crippen MR) is 95.2 cm³/mol. The Morgan fingerprint density at radius 1 is 1.32 bits per heavy atom. The normalized spacial score (nSPS) is 10.8. The van der Waals surface area contributed by atoms with E-state index in [1.165, 1.54) is 11.3 Å². The minimum absolute atomic E-state index is 0.138. The Labute approximate surface area is 148 Å². The summed E-state index contributed by atoms with van der Waals surface area (Å²) in [5, 5.41) is 3.17. The average Bonchev–Trinajstić information content (AvgIpc) is 2.99. The molecule has 130 valence electrons. The van der Waals surface area contributed by atoms with Gasteiger partial charge in [-0.25, -0.2) is 9.78 Å². The summed E-state index contributed by atoms with van der Waals surface area (Å²) >= 11 is 1.48. The second kappa shape index (κ2) is 7.06. The van der Waals surface area contributed by atoms with Crippen LogP contribution in [0.15, 0.2) is 32.8 Å². The van der Waals surface area contributed by atoms with Gasteiger partial charge in [-0.05, 0) is 32.9 Å². The molecular weight excluding hydrogens is 342 g/mol. The maximum Gasteiger partial charge on any atom is 0.344 e. The van der Waals surface area contributed by atoms with E-state index in [0.717, 1.165) is 5.01 Å². The molecule has 0 saturated carbocycles. The molecule has 1 aromatic carbocycles. The van der Waals surface area contributed by atoms with E-state index in [2.05, 4.69) is 4.98 Å². The Bertz CT molecular complexity index is 989. The van der Waals surface area contributed by atoms with Crippen molar-refractivity contribution in [1.82, 2.24) is 4.98 Å². The molecule has 0 fully saturated rings. The Morgan fingerprint density at radius 2 is 2.12 bits per heavy atom. The van der Waals surface area contributed by atoms with Gasteiger partial charge in [-0.2, -0.15) is 0 Å². The monoisotopic (exact) mass is 359 g/mol. The molecule has 0 saturated heterocycles. The number of fused-ring (bicyclic) bond motifs is 1. The summed E-state index contributed by atoms with van der Waals surface area (Å²) in [4.78, 5) is 28.6. The zero-order chi connectivity index (χ0) is 18.0. The zero-order valence-corrected chi connectivity index (χ0v) is 14.9. The molecule has 0 radical (unpaired) electrons. The number of hydrogen-bond donors (Lipinski definition) is 0. The van der Waals surface area contributed by atoms with E-state index in [0.29, 0.717) is 40.3 Å². The quantitative estimate of drug-likeness (QED) is 0.649. The molecule has 3 aromatic rings. The van der Waals surface area contributed by atoms with Gasteiger partial charge < -0.3 is 13.9 Å². The van der Waals surface area contributed by atoms with E-state index in [-0.39, 0.29) is 12.0 Å². The summed E-state index contributed by atoms with van der Waals surface area (Å²) in [6.07, 6.45) is 0. The van der Waals surface area contributed by atoms with Crippen molar-refractivity contribution in [3.05, 3.63) is 44.6 Å². The Kier molecular flexibility index (Phi) is 4.85. The number of thiazole rings is 1. The van der Waals surface area contributed by atoms with Gasteiger partial charge in [0.15, 0.2) is 6.61 Å². The van der Waals surface area contributed by atoms with Crippen molar-refractivity contribution in [3.8, 4) is 17.0 Å². The summed E-state index contributed by atoms with van der Waals surface area (Å²) in [7, 11) is 0. The second-order valence-corrected chi connectivity index (χ2v) is 6.43. The van der Waals surface area contributed by atoms with E-state index >= 15 is 0 Å². The third kappa shape index (κ3) is 3.56. The van der Waals surface area contributed by atoms with Crippen LogP contribution in [-0.4, -0.2) is 24.2 Å². The highest BCUT2D eigenvalue weighted by Gasteiger charge is 2.16. The van der Waals surface area contributed by atoms with Crippen LogP contribution in [-0.2, 0) is 9.53 Å². The van der Waals surface area contributed by atoms with Gasteiger partial charge in [-0.15, -0.1) is 11.3 Å². The van der Waals surface area contributed by atoms with E-state index < -0.39 is 5.97 Å². The van der Waals surface area contributed by atoms with Gasteiger partial charge in [0.1, 0.15) is 17.1 Å². The number of hydrogen-bond acceptors (Lipinski definition) is 7. The third-order valence-corrected chi connectivity index (χ3v) is 4.35. The largest absolute Gasteiger partial charge is 0.482 e. The van der Waals surface area contributed by atoms with Gasteiger partial charge in [0, 0.05) is 11.4 Å². The molecule has 2 aromatic heterocycles. The third-order valence-electron chi connectivity index (χ3n) is 3.58. The number of ether oxygens (including phenoxy) is 2. The number of rotatable bonds is 5. The number of aryl methyl sites for hydroxylation is 2. The molecule has 7 heteroatoms. The summed E-state index contributed by atoms with van der Waals surface area (Å²) < 4.78 is 16.0. The maximum atomic E-state index is 12.8. The van der Waals surface area contributed by atoms with Gasteiger partial charge >= 0.3 is 5.97 Å². The fourth-order valence-electron chi connectivity index (χ4n) is 2.49. The summed E-state index contributed by atoms with van der Waals surface area (Å²) in [6.45, 7) is 5.45. The molecule has 0 spiro atoms. The summed E-state index contributed by atoms with van der Waals surface area (Å²) in [5.74, 6) is 0.472. The van der Waals surface area contributed by atoms with Crippen molar-refractivity contribution in [1.29, 1.82) is 0 Å². The number of esters is 1. The van der Waals surface area contributed by atoms with Crippen LogP contribution in [0.2, 0.25) is 0 Å². The molecule has 0 aliphatic heterocycles. The Morgan fingerprint density at radius 3 is 2.80 bits per heavy atom. The molecule has 0 N–H and O–H groups in total. The molecule has 0 amide bonds. The number of aromatic nitrogens is 1. The number of nitrogens with zero attached hydrogens (tertiary/aromatic N) is 1. The molecule has 6 nitrogen and oxygen atoms in total. The summed E-state index contributed by atoms with van der Waals surface area (Å²) in [5.41, 5.74) is 1.36. The van der Waals surface area contributed by atoms with Crippen LogP contribution < -0.4 is 10.2 Å². The predicted octanol–water partition coefficient (Wildman–Crippen LogP) is 3.48. The first-order chi connectivity index (χ1) is 12.0. The lowest BCUT2D eigenvalue weighted by Crippen LogP contribution is -2.14. The molecule has 0 bridgehead atoms. The average molecular weight is 359 g/mol. The lowest BCUT2D eigenvalue weighted by atomic mass is 10.1. The molecule has 0 atom stereocenters. The van der Waals surface area contributed by atoms with Crippen molar-refractivity contribution >= 4 is 28.3 Å². The minimum Gasteiger partial charge on any atom is -0.482 e. The number of carbonyl (C=O) groups is 1. The van der Waals surface area contributed by atoms with Crippen molar-refractivity contribution in [2.75, 3.05) is 13.2 Å². The smallest absolute Gasteiger partial charge is 0.344 e. The number of carbonyl (C=O) groups excluding carboxylic acids is 1. The molecule has 0 aliphatic rings. The van der Waals surface area contributed by atoms with Crippen LogP contribution in [0, 0.1) is 13.8 Å². The van der Waals surface area contributed by atoms with Gasteiger partial charge in [0.25, 0.3) is 0 Å². The van der Waals surface area contributed by atoms with Crippen LogP contribution in [0.5, 0.6) is 5.75 Å². The van der Waals surface area contributed by atoms with Crippen LogP contribution in [0.25, 0.3) is 22.2 Å². The first-order valence-electron chi connectivity index (χ1n) is 7.78. The first-order valence-corrected chi connectivity index (χ1v) is 8.66. The highest BCUT2D eigenvalue weighted by atomic mass is 32.1. The van der Waals surface area contributed by atoms with Crippen molar-refractivity contribution in [2.24, 2.45) is 0 Å². The van der Waals surface area contributed by atoms with Gasteiger partial charge in [0.05, 0.1) is 28.3 Å². The van der Waals surface area contributed by atoms with Crippen molar-refractivity contribution in [3.63, 3.8) is 0 Å². The van der Waals surface area contributed by atoms with Crippen LogP contribution in [0.4, 0.5) is 0 Å². The van der Waals surface area contributed by atoms with E-state index in [1.54, 1.807) is 32.0 Å². The molecule has 2 heterocycles. The van der Waals surface area contributed by atoms with Crippen LogP contribution >= 0.6 is 11.3 Å². The molecule has 0 unspecified atom stereocenters. The lowest BCUT2D eigenvalue weighted by Gasteiger charge is -2.08. The number of benzene rings is 1. The molecule has 0 aliphatic carbocycles. The van der Waals surface area contributed by atoms with Crippen LogP contribution in [0.1, 0.15) is 17.7 Å². The topological polar surface area (TPSA) is 78.6 Å². The first kappa shape index (κ1) is 17.2. The Hall–Kier alpha value is -2.67. The minimum atomic E-state index is -0.450. The molecular formula is C18H17NO5S. The van der Waals surface area contributed by atoms with Gasteiger partial charge in [-0.3, -0.25) is 4.79 Å². The highest BCUT2D eigenvalue weighted by molar-refractivity contribution is 7.09.